The molecule has 1 aliphatic rings. The molecule has 1 fully saturated rings. The van der Waals surface area contributed by atoms with Crippen LogP contribution in [0.4, 0.5) is 0 Å². The van der Waals surface area contributed by atoms with Crippen LogP contribution in [0.1, 0.15) is 25.3 Å². The van der Waals surface area contributed by atoms with Gasteiger partial charge < -0.3 is 15.0 Å². The number of rotatable bonds is 10. The van der Waals surface area contributed by atoms with Crippen LogP contribution in [0.15, 0.2) is 34.2 Å². The van der Waals surface area contributed by atoms with Gasteiger partial charge in [-0.25, -0.2) is 18.1 Å². The molecule has 1 aliphatic carbocycles. The Kier molecular flexibility index (Phi) is 7.86. The third kappa shape index (κ3) is 6.59. The second-order valence-corrected chi connectivity index (χ2v) is 8.35. The zero-order valence-electron chi connectivity index (χ0n) is 15.9. The van der Waals surface area contributed by atoms with E-state index in [1.54, 1.807) is 18.2 Å². The fraction of sp³-hybridized carbons (Fsp3) is 0.611. The first-order valence-corrected chi connectivity index (χ1v) is 10.5. The first kappa shape index (κ1) is 20.7. The highest BCUT2D eigenvalue weighted by Gasteiger charge is 2.21. The molecular weight excluding hydrogens is 352 g/mol. The molecule has 1 saturated carbocycles. The van der Waals surface area contributed by atoms with Gasteiger partial charge in [-0.2, -0.15) is 0 Å². The molecule has 7 nitrogen and oxygen atoms in total. The molecule has 146 valence electrons. The van der Waals surface area contributed by atoms with E-state index in [-0.39, 0.29) is 4.90 Å². The molecule has 26 heavy (non-hydrogen) atoms. The first-order valence-electron chi connectivity index (χ1n) is 9.06. The van der Waals surface area contributed by atoms with E-state index in [1.165, 1.54) is 19.9 Å². The topological polar surface area (TPSA) is 83.0 Å². The van der Waals surface area contributed by atoms with Gasteiger partial charge in [-0.3, -0.25) is 0 Å². The van der Waals surface area contributed by atoms with Crippen molar-refractivity contribution in [1.29, 1.82) is 0 Å². The van der Waals surface area contributed by atoms with Crippen LogP contribution in [0, 0.1) is 5.92 Å². The second-order valence-electron chi connectivity index (χ2n) is 6.46. The summed E-state index contributed by atoms with van der Waals surface area (Å²) in [7, 11) is -0.0613. The van der Waals surface area contributed by atoms with Crippen molar-refractivity contribution in [1.82, 2.24) is 14.9 Å². The molecule has 0 saturated heterocycles. The second kappa shape index (κ2) is 9.89. The lowest BCUT2D eigenvalue weighted by Crippen LogP contribution is -2.40. The van der Waals surface area contributed by atoms with E-state index in [4.69, 9.17) is 4.74 Å². The molecule has 0 aliphatic heterocycles. The van der Waals surface area contributed by atoms with Gasteiger partial charge >= 0.3 is 0 Å². The lowest BCUT2D eigenvalue weighted by atomic mass is 10.2. The molecule has 0 atom stereocenters. The number of hydrogen-bond donors (Lipinski definition) is 2. The van der Waals surface area contributed by atoms with Gasteiger partial charge in [0.1, 0.15) is 0 Å². The number of likely N-dealkylation sites (N-methyl/N-ethyl adjacent to an activating group) is 1. The number of nitrogens with one attached hydrogen (secondary N) is 2. The quantitative estimate of drug-likeness (QED) is 0.363. The Balaban J connectivity index is 1.95. The van der Waals surface area contributed by atoms with E-state index in [0.717, 1.165) is 37.1 Å². The Labute approximate surface area is 156 Å². The molecule has 0 heterocycles. The third-order valence-corrected chi connectivity index (χ3v) is 5.62. The van der Waals surface area contributed by atoms with E-state index < -0.39 is 10.0 Å². The smallest absolute Gasteiger partial charge is 0.240 e. The summed E-state index contributed by atoms with van der Waals surface area (Å²) in [6.07, 6.45) is 2.59. The van der Waals surface area contributed by atoms with Crippen LogP contribution >= 0.6 is 0 Å². The molecular formula is C18H30N4O3S. The Morgan fingerprint density at radius 1 is 1.38 bits per heavy atom. The van der Waals surface area contributed by atoms with E-state index in [0.29, 0.717) is 13.2 Å². The zero-order valence-corrected chi connectivity index (χ0v) is 16.7. The predicted molar refractivity (Wildman–Crippen MR) is 104 cm³/mol. The summed E-state index contributed by atoms with van der Waals surface area (Å²) in [4.78, 5) is 6.90. The van der Waals surface area contributed by atoms with Gasteiger partial charge in [0.05, 0.1) is 18.0 Å². The van der Waals surface area contributed by atoms with Crippen LogP contribution < -0.4 is 10.0 Å². The molecule has 0 spiro atoms. The molecule has 1 aromatic rings. The Bertz CT molecular complexity index is 702. The number of aliphatic imine (C=N–C) groups is 1. The van der Waals surface area contributed by atoms with Gasteiger partial charge in [0.15, 0.2) is 5.96 Å². The molecule has 8 heteroatoms. The highest BCUT2D eigenvalue weighted by Crippen LogP contribution is 2.28. The first-order chi connectivity index (χ1) is 12.5. The summed E-state index contributed by atoms with van der Waals surface area (Å²) >= 11 is 0. The lowest BCUT2D eigenvalue weighted by Gasteiger charge is -2.22. The van der Waals surface area contributed by atoms with Crippen molar-refractivity contribution in [3.05, 3.63) is 29.8 Å². The van der Waals surface area contributed by atoms with E-state index in [2.05, 4.69) is 15.0 Å². The molecule has 0 radical (unpaired) electrons. The van der Waals surface area contributed by atoms with E-state index in [1.807, 2.05) is 24.9 Å². The summed E-state index contributed by atoms with van der Waals surface area (Å²) in [5.41, 5.74) is 0.843. The van der Waals surface area contributed by atoms with E-state index >= 15 is 0 Å². The molecule has 0 aromatic heterocycles. The van der Waals surface area contributed by atoms with Gasteiger partial charge in [-0.1, -0.05) is 12.1 Å². The average Bonchev–Trinajstić information content (AvgIpc) is 3.46. The van der Waals surface area contributed by atoms with Crippen molar-refractivity contribution < 1.29 is 13.2 Å². The number of guanidine groups is 1. The standard InChI is InChI=1S/C18H30N4O3S/c1-4-20-18(22(3)10-11-25-14-15-8-9-15)21-13-16-6-5-7-17(12-16)26(23,24)19-2/h5-7,12,15,19H,4,8-11,13-14H2,1-3H3,(H,20,21). The van der Waals surface area contributed by atoms with E-state index in [9.17, 15) is 8.42 Å². The number of nitrogens with zero attached hydrogens (tertiary/aromatic N) is 2. The normalized spacial score (nSPS) is 15.1. The number of benzene rings is 1. The molecule has 0 unspecified atom stereocenters. The van der Waals surface area contributed by atoms with Gasteiger partial charge in [-0.15, -0.1) is 0 Å². The van der Waals surface area contributed by atoms with Crippen LogP contribution in [-0.2, 0) is 21.3 Å². The Morgan fingerprint density at radius 2 is 2.15 bits per heavy atom. The minimum absolute atomic E-state index is 0.250. The molecule has 1 aromatic carbocycles. The SMILES string of the molecule is CCNC(=NCc1cccc(S(=O)(=O)NC)c1)N(C)CCOCC1CC1. The molecule has 2 N–H and O–H groups in total. The van der Waals surface area contributed by atoms with Crippen LogP contribution in [-0.4, -0.2) is 59.7 Å². The summed E-state index contributed by atoms with van der Waals surface area (Å²) in [5.74, 6) is 1.55. The van der Waals surface area contributed by atoms with Crippen LogP contribution in [0.3, 0.4) is 0 Å². The van der Waals surface area contributed by atoms with Crippen molar-refractivity contribution in [3.63, 3.8) is 0 Å². The summed E-state index contributed by atoms with van der Waals surface area (Å²) in [6.45, 7) is 5.48. The summed E-state index contributed by atoms with van der Waals surface area (Å²) < 4.78 is 31.9. The van der Waals surface area contributed by atoms with Crippen LogP contribution in [0.25, 0.3) is 0 Å². The van der Waals surface area contributed by atoms with Gasteiger partial charge in [-0.05, 0) is 50.4 Å². The molecule has 0 bridgehead atoms. The Hall–Kier alpha value is -1.64. The summed E-state index contributed by atoms with van der Waals surface area (Å²) in [6, 6.07) is 6.84. The maximum atomic E-state index is 11.9. The highest BCUT2D eigenvalue weighted by atomic mass is 32.2. The average molecular weight is 383 g/mol. The largest absolute Gasteiger partial charge is 0.379 e. The van der Waals surface area contributed by atoms with Crippen molar-refractivity contribution >= 4 is 16.0 Å². The van der Waals surface area contributed by atoms with Crippen molar-refractivity contribution in [3.8, 4) is 0 Å². The minimum atomic E-state index is -3.44. The van der Waals surface area contributed by atoms with Gasteiger partial charge in [0.25, 0.3) is 0 Å². The van der Waals surface area contributed by atoms with Gasteiger partial charge in [0.2, 0.25) is 10.0 Å². The Morgan fingerprint density at radius 3 is 2.81 bits per heavy atom. The summed E-state index contributed by atoms with van der Waals surface area (Å²) in [5, 5.41) is 3.26. The maximum absolute atomic E-state index is 11.9. The van der Waals surface area contributed by atoms with Crippen LogP contribution in [0.2, 0.25) is 0 Å². The minimum Gasteiger partial charge on any atom is -0.379 e. The van der Waals surface area contributed by atoms with Crippen molar-refractivity contribution in [2.45, 2.75) is 31.2 Å². The predicted octanol–water partition coefficient (Wildman–Crippen LogP) is 1.42. The fourth-order valence-corrected chi connectivity index (χ4v) is 3.21. The molecule has 0 amide bonds. The maximum Gasteiger partial charge on any atom is 0.240 e. The van der Waals surface area contributed by atoms with Crippen LogP contribution in [0.5, 0.6) is 0 Å². The number of ether oxygens (including phenoxy) is 1. The molecule has 2 rings (SSSR count). The monoisotopic (exact) mass is 382 g/mol. The lowest BCUT2D eigenvalue weighted by molar-refractivity contribution is 0.115. The van der Waals surface area contributed by atoms with Crippen molar-refractivity contribution in [2.24, 2.45) is 10.9 Å². The number of sulfonamides is 1. The zero-order chi connectivity index (χ0) is 19.0. The highest BCUT2D eigenvalue weighted by molar-refractivity contribution is 7.89. The number of hydrogen-bond acceptors (Lipinski definition) is 4. The van der Waals surface area contributed by atoms with Gasteiger partial charge in [0, 0.05) is 26.7 Å². The van der Waals surface area contributed by atoms with Crippen molar-refractivity contribution in [2.75, 3.05) is 40.4 Å². The fourth-order valence-electron chi connectivity index (χ4n) is 2.41. The third-order valence-electron chi connectivity index (χ3n) is 4.21.